The number of carbonyl (C=O) groups is 2. The third-order valence-corrected chi connectivity index (χ3v) is 8.28. The lowest BCUT2D eigenvalue weighted by atomic mass is 9.80. The van der Waals surface area contributed by atoms with Gasteiger partial charge in [0.15, 0.2) is 0 Å². The summed E-state index contributed by atoms with van der Waals surface area (Å²) in [5.74, 6) is -1.38. The highest BCUT2D eigenvalue weighted by atomic mass is 19.4. The molecular weight excluding hydrogens is 490 g/mol. The van der Waals surface area contributed by atoms with E-state index < -0.39 is 35.5 Å². The molecule has 1 aromatic heterocycles. The van der Waals surface area contributed by atoms with Gasteiger partial charge in [0.1, 0.15) is 17.6 Å². The molecule has 10 heteroatoms. The first-order valence-electron chi connectivity index (χ1n) is 12.7. The summed E-state index contributed by atoms with van der Waals surface area (Å²) in [6.45, 7) is 0.504. The van der Waals surface area contributed by atoms with E-state index in [2.05, 4.69) is 10.3 Å². The Morgan fingerprint density at radius 3 is 2.46 bits per heavy atom. The molecule has 2 aromatic rings. The van der Waals surface area contributed by atoms with Crippen LogP contribution in [0.5, 0.6) is 0 Å². The van der Waals surface area contributed by atoms with Gasteiger partial charge < -0.3 is 15.0 Å². The number of hydrogen-bond donors (Lipinski definition) is 1. The van der Waals surface area contributed by atoms with Gasteiger partial charge in [0.05, 0.1) is 24.8 Å². The fourth-order valence-electron chi connectivity index (χ4n) is 5.82. The maximum Gasteiger partial charge on any atom is 0.416 e. The van der Waals surface area contributed by atoms with Crippen molar-refractivity contribution in [1.29, 1.82) is 0 Å². The summed E-state index contributed by atoms with van der Waals surface area (Å²) < 4.78 is 59.3. The van der Waals surface area contributed by atoms with Gasteiger partial charge in [0, 0.05) is 23.7 Å². The van der Waals surface area contributed by atoms with Crippen LogP contribution in [0.2, 0.25) is 0 Å². The molecule has 0 radical (unpaired) electrons. The van der Waals surface area contributed by atoms with Gasteiger partial charge >= 0.3 is 6.18 Å². The average molecular weight is 518 g/mol. The van der Waals surface area contributed by atoms with Crippen LogP contribution in [0, 0.1) is 17.7 Å². The Morgan fingerprint density at radius 1 is 1.08 bits per heavy atom. The second-order valence-corrected chi connectivity index (χ2v) is 10.6. The number of ether oxygens (including phenoxy) is 1. The number of halogens is 4. The lowest BCUT2D eigenvalue weighted by Gasteiger charge is -2.38. The van der Waals surface area contributed by atoms with Crippen molar-refractivity contribution in [3.63, 3.8) is 0 Å². The number of likely N-dealkylation sites (tertiary alicyclic amines) is 1. The third-order valence-electron chi connectivity index (χ3n) is 8.28. The highest BCUT2D eigenvalue weighted by molar-refractivity contribution is 5.97. The van der Waals surface area contributed by atoms with Crippen LogP contribution in [0.15, 0.2) is 36.5 Å². The molecule has 2 aliphatic heterocycles. The number of hydrogen-bond acceptors (Lipinski definition) is 4. The van der Waals surface area contributed by atoms with Crippen LogP contribution in [0.4, 0.5) is 17.6 Å². The predicted molar refractivity (Wildman–Crippen MR) is 124 cm³/mol. The first kappa shape index (κ1) is 24.3. The maximum absolute atomic E-state index is 14.9. The van der Waals surface area contributed by atoms with Crippen molar-refractivity contribution in [2.24, 2.45) is 11.8 Å². The van der Waals surface area contributed by atoms with Crippen LogP contribution in [-0.2, 0) is 15.7 Å². The summed E-state index contributed by atoms with van der Waals surface area (Å²) in [5, 5.41) is 2.87. The van der Waals surface area contributed by atoms with E-state index in [0.29, 0.717) is 24.1 Å². The molecule has 4 atom stereocenters. The second-order valence-electron chi connectivity index (χ2n) is 10.6. The average Bonchev–Trinajstić information content (AvgIpc) is 3.62. The molecule has 2 saturated carbocycles. The normalized spacial score (nSPS) is 26.2. The number of nitrogens with one attached hydrogen (secondary N) is 1. The van der Waals surface area contributed by atoms with Crippen LogP contribution in [-0.4, -0.2) is 47.0 Å². The molecule has 2 aliphatic carbocycles. The Kier molecular flexibility index (Phi) is 5.97. The monoisotopic (exact) mass is 517 g/mol. The first-order chi connectivity index (χ1) is 17.7. The molecule has 2 amide bonds. The molecule has 1 N–H and O–H groups in total. The van der Waals surface area contributed by atoms with Crippen LogP contribution in [0.1, 0.15) is 71.2 Å². The van der Waals surface area contributed by atoms with E-state index in [0.717, 1.165) is 43.4 Å². The zero-order valence-corrected chi connectivity index (χ0v) is 20.0. The number of alkyl halides is 3. The summed E-state index contributed by atoms with van der Waals surface area (Å²) in [6, 6.07) is 4.41. The van der Waals surface area contributed by atoms with Crippen molar-refractivity contribution < 1.29 is 31.9 Å². The predicted octanol–water partition coefficient (Wildman–Crippen LogP) is 4.61. The topological polar surface area (TPSA) is 71.5 Å². The molecule has 37 heavy (non-hydrogen) atoms. The Hall–Kier alpha value is -3.01. The van der Waals surface area contributed by atoms with Gasteiger partial charge in [-0.1, -0.05) is 6.07 Å². The Balaban J connectivity index is 1.25. The molecule has 6 nitrogen and oxygen atoms in total. The molecule has 4 fully saturated rings. The molecule has 0 unspecified atom stereocenters. The van der Waals surface area contributed by atoms with Crippen molar-refractivity contribution in [2.75, 3.05) is 13.2 Å². The largest absolute Gasteiger partial charge is 0.416 e. The van der Waals surface area contributed by atoms with E-state index in [9.17, 15) is 27.2 Å². The van der Waals surface area contributed by atoms with E-state index in [-0.39, 0.29) is 42.6 Å². The molecule has 1 aromatic carbocycles. The van der Waals surface area contributed by atoms with Crippen LogP contribution in [0.3, 0.4) is 0 Å². The van der Waals surface area contributed by atoms with Gasteiger partial charge in [-0.25, -0.2) is 4.39 Å². The fourth-order valence-corrected chi connectivity index (χ4v) is 5.82. The zero-order chi connectivity index (χ0) is 25.9. The summed E-state index contributed by atoms with van der Waals surface area (Å²) in [5.41, 5.74) is 0.278. The summed E-state index contributed by atoms with van der Waals surface area (Å²) >= 11 is 0. The van der Waals surface area contributed by atoms with Gasteiger partial charge in [-0.2, -0.15) is 13.2 Å². The number of rotatable bonds is 6. The van der Waals surface area contributed by atoms with Gasteiger partial charge in [-0.05, 0) is 73.8 Å². The minimum atomic E-state index is -4.67. The molecule has 0 bridgehead atoms. The lowest BCUT2D eigenvalue weighted by molar-refractivity contribution is -0.138. The minimum absolute atomic E-state index is 0.0210. The van der Waals surface area contributed by atoms with Gasteiger partial charge in [0.25, 0.3) is 5.91 Å². The van der Waals surface area contributed by atoms with E-state index in [1.165, 1.54) is 0 Å². The lowest BCUT2D eigenvalue weighted by Crippen LogP contribution is -2.53. The summed E-state index contributed by atoms with van der Waals surface area (Å²) in [7, 11) is 0. The molecular formula is C27H27F4N3O3. The third kappa shape index (κ3) is 4.49. The summed E-state index contributed by atoms with van der Waals surface area (Å²) in [6.07, 6.45) is 1.34. The molecule has 6 rings (SSSR count). The molecule has 196 valence electrons. The fraction of sp³-hybridized carbons (Fsp3) is 0.519. The second kappa shape index (κ2) is 9.08. The van der Waals surface area contributed by atoms with Gasteiger partial charge in [-0.3, -0.25) is 14.6 Å². The molecule has 3 heterocycles. The number of fused-ring (bicyclic) bond motifs is 1. The number of nitrogens with zero attached hydrogens (tertiary/aromatic N) is 2. The minimum Gasteiger partial charge on any atom is -0.381 e. The molecule has 4 aliphatic rings. The van der Waals surface area contributed by atoms with Gasteiger partial charge in [0.2, 0.25) is 5.91 Å². The number of carbonyl (C=O) groups excluding carboxylic acids is 2. The maximum atomic E-state index is 14.9. The van der Waals surface area contributed by atoms with Crippen LogP contribution >= 0.6 is 0 Å². The van der Waals surface area contributed by atoms with Crippen molar-refractivity contribution in [3.8, 4) is 0 Å². The Bertz CT molecular complexity index is 1230. The Morgan fingerprint density at radius 2 is 1.86 bits per heavy atom. The van der Waals surface area contributed by atoms with Crippen molar-refractivity contribution in [2.45, 2.75) is 62.3 Å². The van der Waals surface area contributed by atoms with E-state index in [1.54, 1.807) is 11.1 Å². The number of pyridine rings is 1. The van der Waals surface area contributed by atoms with Crippen LogP contribution in [0.25, 0.3) is 0 Å². The number of aromatic nitrogens is 1. The highest BCUT2D eigenvalue weighted by Gasteiger charge is 2.52. The van der Waals surface area contributed by atoms with Crippen LogP contribution < -0.4 is 5.32 Å². The van der Waals surface area contributed by atoms with E-state index in [4.69, 9.17) is 4.74 Å². The summed E-state index contributed by atoms with van der Waals surface area (Å²) in [4.78, 5) is 33.1. The standard InChI is InChI=1S/C27H27F4N3O3/c28-20-11-18(27(29,30)31)4-5-19(20)24(17-12-37-13-17)33-25(35)23-10-16-3-6-22(16)34(23)26(36)21-9-15(7-8-32-21)14-1-2-14/h4-5,7-9,11,14,16-17,22-24H,1-3,6,10,12-13H2,(H,33,35)/t16-,22-,23-,24-/m1/s1. The van der Waals surface area contributed by atoms with E-state index >= 15 is 0 Å². The van der Waals surface area contributed by atoms with E-state index in [1.807, 2.05) is 12.1 Å². The highest BCUT2D eigenvalue weighted by Crippen LogP contribution is 2.45. The smallest absolute Gasteiger partial charge is 0.381 e. The molecule has 2 saturated heterocycles. The quantitative estimate of drug-likeness (QED) is 0.568. The number of amides is 2. The van der Waals surface area contributed by atoms with Crippen molar-refractivity contribution in [3.05, 3.63) is 64.7 Å². The first-order valence-corrected chi connectivity index (χ1v) is 12.7. The van der Waals surface area contributed by atoms with Crippen molar-refractivity contribution >= 4 is 11.8 Å². The van der Waals surface area contributed by atoms with Crippen molar-refractivity contribution in [1.82, 2.24) is 15.2 Å². The molecule has 0 spiro atoms. The SMILES string of the molecule is O=C(N[C@@H](c1ccc(C(F)(F)F)cc1F)C1COC1)[C@H]1C[C@H]2CC[C@H]2N1C(=O)c1cc(C2CC2)ccn1. The van der Waals surface area contributed by atoms with Gasteiger partial charge in [-0.15, -0.1) is 0 Å². The number of benzene rings is 1. The Labute approximate surface area is 211 Å². The zero-order valence-electron chi connectivity index (χ0n) is 20.0.